The van der Waals surface area contributed by atoms with Crippen molar-refractivity contribution in [2.75, 3.05) is 5.32 Å². The molecule has 0 spiro atoms. The van der Waals surface area contributed by atoms with Crippen LogP contribution in [0.2, 0.25) is 0 Å². The monoisotopic (exact) mass is 421 g/mol. The number of rotatable bonds is 6. The van der Waals surface area contributed by atoms with Gasteiger partial charge in [0.1, 0.15) is 5.01 Å². The Hall–Kier alpha value is -3.03. The van der Waals surface area contributed by atoms with Gasteiger partial charge in [0, 0.05) is 38.0 Å². The topological polar surface area (TPSA) is 85.1 Å². The molecule has 7 heteroatoms. The Kier molecular flexibility index (Phi) is 5.42. The van der Waals surface area contributed by atoms with Crippen LogP contribution in [0.15, 0.2) is 60.1 Å². The Morgan fingerprint density at radius 1 is 1.17 bits per heavy atom. The van der Waals surface area contributed by atoms with Gasteiger partial charge in [-0.25, -0.2) is 4.98 Å². The highest BCUT2D eigenvalue weighted by Gasteiger charge is 2.22. The zero-order chi connectivity index (χ0) is 20.4. The molecule has 0 aliphatic rings. The summed E-state index contributed by atoms with van der Waals surface area (Å²) in [6, 6.07) is 15.4. The number of primary amides is 1. The number of nitrogens with two attached hydrogens (primary N) is 1. The molecule has 4 rings (SSSR count). The molecular formula is C22H19N3O2S2. The molecule has 2 heterocycles. The van der Waals surface area contributed by atoms with E-state index in [4.69, 9.17) is 5.73 Å². The molecule has 0 saturated heterocycles. The van der Waals surface area contributed by atoms with Gasteiger partial charge in [-0.15, -0.1) is 22.7 Å². The quantitative estimate of drug-likeness (QED) is 0.445. The predicted octanol–water partition coefficient (Wildman–Crippen LogP) is 5.26. The lowest BCUT2D eigenvalue weighted by Crippen LogP contribution is -2.21. The second-order valence-corrected chi connectivity index (χ2v) is 8.60. The first-order valence-electron chi connectivity index (χ1n) is 9.20. The first kappa shape index (κ1) is 19.3. The number of hydrogen-bond donors (Lipinski definition) is 2. The van der Waals surface area contributed by atoms with Crippen LogP contribution in [0.1, 0.15) is 34.6 Å². The van der Waals surface area contributed by atoms with Gasteiger partial charge in [-0.1, -0.05) is 31.2 Å². The number of hydrogen-bond acceptors (Lipinski definition) is 5. The number of amides is 2. The first-order valence-corrected chi connectivity index (χ1v) is 10.9. The van der Waals surface area contributed by atoms with Gasteiger partial charge in [-0.05, 0) is 36.1 Å². The normalized spacial score (nSPS) is 12.0. The second-order valence-electron chi connectivity index (χ2n) is 6.59. The summed E-state index contributed by atoms with van der Waals surface area (Å²) in [5.41, 5.74) is 7.35. The molecule has 2 aromatic carbocycles. The van der Waals surface area contributed by atoms with Gasteiger partial charge in [-0.2, -0.15) is 0 Å². The van der Waals surface area contributed by atoms with Crippen molar-refractivity contribution < 1.29 is 9.59 Å². The van der Waals surface area contributed by atoms with Crippen LogP contribution >= 0.6 is 22.7 Å². The van der Waals surface area contributed by atoms with Crippen LogP contribution in [-0.4, -0.2) is 16.8 Å². The third-order valence-electron chi connectivity index (χ3n) is 4.72. The van der Waals surface area contributed by atoms with Crippen LogP contribution in [0.3, 0.4) is 0 Å². The van der Waals surface area contributed by atoms with E-state index in [-0.39, 0.29) is 11.8 Å². The summed E-state index contributed by atoms with van der Waals surface area (Å²) in [6.45, 7) is 1.95. The van der Waals surface area contributed by atoms with E-state index in [1.54, 1.807) is 29.7 Å². The second kappa shape index (κ2) is 8.14. The Balaban J connectivity index is 1.65. The van der Waals surface area contributed by atoms with E-state index < -0.39 is 5.91 Å². The molecular weight excluding hydrogens is 402 g/mol. The number of benzene rings is 2. The Morgan fingerprint density at radius 3 is 2.69 bits per heavy atom. The van der Waals surface area contributed by atoms with Gasteiger partial charge in [0.15, 0.2) is 0 Å². The van der Waals surface area contributed by atoms with Crippen molar-refractivity contribution in [3.63, 3.8) is 0 Å². The van der Waals surface area contributed by atoms with Gasteiger partial charge in [0.05, 0.1) is 5.92 Å². The van der Waals surface area contributed by atoms with E-state index in [1.807, 2.05) is 42.6 Å². The number of fused-ring (bicyclic) bond motifs is 1. The summed E-state index contributed by atoms with van der Waals surface area (Å²) in [7, 11) is 0. The van der Waals surface area contributed by atoms with E-state index in [0.29, 0.717) is 17.7 Å². The summed E-state index contributed by atoms with van der Waals surface area (Å²) in [5.74, 6) is -0.998. The lowest BCUT2D eigenvalue weighted by atomic mass is 10.0. The minimum absolute atomic E-state index is 0.146. The highest BCUT2D eigenvalue weighted by Crippen LogP contribution is 2.36. The minimum Gasteiger partial charge on any atom is -0.366 e. The van der Waals surface area contributed by atoms with E-state index in [2.05, 4.69) is 16.4 Å². The highest BCUT2D eigenvalue weighted by atomic mass is 32.1. The Morgan fingerprint density at radius 2 is 2.00 bits per heavy atom. The number of anilines is 1. The molecule has 2 amide bonds. The SMILES string of the molecule is CCC(C(=O)Nc1ccc(-c2cc3ccccc3s2)c(C(N)=O)c1)c1nccs1. The van der Waals surface area contributed by atoms with E-state index in [9.17, 15) is 9.59 Å². The van der Waals surface area contributed by atoms with Crippen LogP contribution in [0.25, 0.3) is 20.5 Å². The Bertz CT molecular complexity index is 1150. The van der Waals surface area contributed by atoms with Crippen LogP contribution in [0.4, 0.5) is 5.69 Å². The third-order valence-corrected chi connectivity index (χ3v) is 6.76. The van der Waals surface area contributed by atoms with Gasteiger partial charge in [0.25, 0.3) is 0 Å². The number of aromatic nitrogens is 1. The molecule has 4 aromatic rings. The molecule has 5 nitrogen and oxygen atoms in total. The molecule has 1 atom stereocenters. The maximum Gasteiger partial charge on any atom is 0.249 e. The maximum absolute atomic E-state index is 12.7. The van der Waals surface area contributed by atoms with Crippen molar-refractivity contribution in [2.24, 2.45) is 5.73 Å². The largest absolute Gasteiger partial charge is 0.366 e. The van der Waals surface area contributed by atoms with E-state index in [1.165, 1.54) is 11.3 Å². The lowest BCUT2D eigenvalue weighted by Gasteiger charge is -2.14. The fourth-order valence-electron chi connectivity index (χ4n) is 3.26. The van der Waals surface area contributed by atoms with Gasteiger partial charge in [0.2, 0.25) is 11.8 Å². The molecule has 29 heavy (non-hydrogen) atoms. The van der Waals surface area contributed by atoms with E-state index in [0.717, 1.165) is 25.5 Å². The predicted molar refractivity (Wildman–Crippen MR) is 120 cm³/mol. The standard InChI is InChI=1S/C22H19N3O2S2/c1-2-15(22-24-9-10-28-22)21(27)25-14-7-8-16(17(12-14)20(23)26)19-11-13-5-3-4-6-18(13)29-19/h3-12,15H,2H2,1H3,(H2,23,26)(H,25,27). The molecule has 0 radical (unpaired) electrons. The van der Waals surface area contributed by atoms with Crippen LogP contribution < -0.4 is 11.1 Å². The summed E-state index contributed by atoms with van der Waals surface area (Å²) in [5, 5.41) is 6.66. The fraction of sp³-hybridized carbons (Fsp3) is 0.136. The third kappa shape index (κ3) is 3.92. The molecule has 146 valence electrons. The minimum atomic E-state index is -0.527. The van der Waals surface area contributed by atoms with Crippen molar-refractivity contribution in [1.82, 2.24) is 4.98 Å². The highest BCUT2D eigenvalue weighted by molar-refractivity contribution is 7.22. The summed E-state index contributed by atoms with van der Waals surface area (Å²) < 4.78 is 1.14. The number of thiophene rings is 1. The van der Waals surface area contributed by atoms with Crippen molar-refractivity contribution in [3.8, 4) is 10.4 Å². The average Bonchev–Trinajstić information content (AvgIpc) is 3.38. The van der Waals surface area contributed by atoms with Crippen molar-refractivity contribution in [1.29, 1.82) is 0 Å². The fourth-order valence-corrected chi connectivity index (χ4v) is 5.19. The maximum atomic E-state index is 12.7. The number of carbonyl (C=O) groups excluding carboxylic acids is 2. The Labute approximate surface area is 176 Å². The van der Waals surface area contributed by atoms with Gasteiger partial charge < -0.3 is 11.1 Å². The molecule has 0 bridgehead atoms. The molecule has 0 aliphatic carbocycles. The van der Waals surface area contributed by atoms with Crippen LogP contribution in [0, 0.1) is 0 Å². The van der Waals surface area contributed by atoms with Crippen LogP contribution in [0.5, 0.6) is 0 Å². The summed E-state index contributed by atoms with van der Waals surface area (Å²) >= 11 is 3.07. The first-order chi connectivity index (χ1) is 14.1. The smallest absolute Gasteiger partial charge is 0.249 e. The molecule has 0 fully saturated rings. The molecule has 0 saturated carbocycles. The van der Waals surface area contributed by atoms with Crippen molar-refractivity contribution in [2.45, 2.75) is 19.3 Å². The molecule has 0 aliphatic heterocycles. The lowest BCUT2D eigenvalue weighted by molar-refractivity contribution is -0.117. The van der Waals surface area contributed by atoms with Gasteiger partial charge in [-0.3, -0.25) is 9.59 Å². The summed E-state index contributed by atoms with van der Waals surface area (Å²) in [6.07, 6.45) is 2.34. The van der Waals surface area contributed by atoms with Crippen molar-refractivity contribution >= 4 is 50.3 Å². The van der Waals surface area contributed by atoms with Gasteiger partial charge >= 0.3 is 0 Å². The number of nitrogens with one attached hydrogen (secondary N) is 1. The average molecular weight is 422 g/mol. The zero-order valence-electron chi connectivity index (χ0n) is 15.7. The van der Waals surface area contributed by atoms with Crippen LogP contribution in [-0.2, 0) is 4.79 Å². The molecule has 2 aromatic heterocycles. The van der Waals surface area contributed by atoms with E-state index >= 15 is 0 Å². The molecule has 1 unspecified atom stereocenters. The number of nitrogens with zero attached hydrogens (tertiary/aromatic N) is 1. The zero-order valence-corrected chi connectivity index (χ0v) is 17.3. The summed E-state index contributed by atoms with van der Waals surface area (Å²) in [4.78, 5) is 30.1. The molecule has 3 N–H and O–H groups in total. The van der Waals surface area contributed by atoms with Crippen molar-refractivity contribution in [3.05, 3.63) is 70.7 Å². The number of thiazole rings is 1. The number of carbonyl (C=O) groups is 2.